The molecule has 0 aromatic carbocycles. The fourth-order valence-corrected chi connectivity index (χ4v) is 3.14. The third-order valence-electron chi connectivity index (χ3n) is 3.50. The zero-order valence-electron chi connectivity index (χ0n) is 8.24. The molecule has 0 aliphatic heterocycles. The number of halogens is 2. The molecule has 13 heavy (non-hydrogen) atoms. The number of alkyl halides is 2. The van der Waals surface area contributed by atoms with E-state index in [-0.39, 0.29) is 17.9 Å². The Bertz CT molecular complexity index is 237. The highest BCUT2D eigenvalue weighted by Crippen LogP contribution is 2.69. The molecule has 0 amide bonds. The summed E-state index contributed by atoms with van der Waals surface area (Å²) in [6.07, 6.45) is 2.10. The van der Waals surface area contributed by atoms with Gasteiger partial charge in [-0.15, -0.1) is 0 Å². The summed E-state index contributed by atoms with van der Waals surface area (Å²) < 4.78 is 26.3. The molecule has 3 heteroatoms. The quantitative estimate of drug-likeness (QED) is 0.622. The van der Waals surface area contributed by atoms with Gasteiger partial charge in [-0.25, -0.2) is 8.78 Å². The van der Waals surface area contributed by atoms with Crippen molar-refractivity contribution in [3.8, 4) is 0 Å². The first kappa shape index (κ1) is 9.38. The van der Waals surface area contributed by atoms with Crippen LogP contribution in [0.1, 0.15) is 39.5 Å². The Hall–Kier alpha value is -0.180. The van der Waals surface area contributed by atoms with Crippen LogP contribution in [0.5, 0.6) is 0 Å². The van der Waals surface area contributed by atoms with E-state index in [2.05, 4.69) is 0 Å². The first-order valence-corrected chi connectivity index (χ1v) is 4.90. The maximum absolute atomic E-state index is 13.1. The Balaban J connectivity index is 2.16. The summed E-state index contributed by atoms with van der Waals surface area (Å²) in [5, 5.41) is 0. The van der Waals surface area contributed by atoms with E-state index >= 15 is 0 Å². The van der Waals surface area contributed by atoms with Crippen molar-refractivity contribution in [3.63, 3.8) is 0 Å². The molecular formula is C10H17F2N. The Morgan fingerprint density at radius 1 is 1.15 bits per heavy atom. The number of hydrogen-bond acceptors (Lipinski definition) is 1. The van der Waals surface area contributed by atoms with Crippen molar-refractivity contribution < 1.29 is 8.78 Å². The molecule has 2 saturated carbocycles. The van der Waals surface area contributed by atoms with Gasteiger partial charge >= 0.3 is 0 Å². The van der Waals surface area contributed by atoms with Gasteiger partial charge in [0.1, 0.15) is 0 Å². The normalized spacial score (nSPS) is 46.4. The van der Waals surface area contributed by atoms with Gasteiger partial charge in [-0.3, -0.25) is 0 Å². The Morgan fingerprint density at radius 3 is 2.08 bits per heavy atom. The van der Waals surface area contributed by atoms with E-state index < -0.39 is 11.3 Å². The smallest absolute Gasteiger partial charge is 0.254 e. The maximum atomic E-state index is 13.1. The van der Waals surface area contributed by atoms with Crippen LogP contribution in [-0.2, 0) is 0 Å². The van der Waals surface area contributed by atoms with Crippen LogP contribution in [0.2, 0.25) is 0 Å². The summed E-state index contributed by atoms with van der Waals surface area (Å²) in [7, 11) is 0. The first-order chi connectivity index (χ1) is 5.77. The second kappa shape index (κ2) is 2.25. The van der Waals surface area contributed by atoms with Crippen LogP contribution in [0.25, 0.3) is 0 Å². The standard InChI is InChI=1S/C10H17F2N/c1-8(2)3-7(13)4-9(5-8)6-10(9,11)12/h7H,3-6,13H2,1-2H3. The summed E-state index contributed by atoms with van der Waals surface area (Å²) in [5.74, 6) is -2.43. The van der Waals surface area contributed by atoms with E-state index in [1.54, 1.807) is 0 Å². The van der Waals surface area contributed by atoms with Crippen molar-refractivity contribution in [2.45, 2.75) is 51.5 Å². The first-order valence-electron chi connectivity index (χ1n) is 4.90. The molecule has 0 bridgehead atoms. The van der Waals surface area contributed by atoms with E-state index in [9.17, 15) is 8.78 Å². The predicted octanol–water partition coefficient (Wildman–Crippen LogP) is 2.55. The number of rotatable bonds is 0. The molecule has 2 aliphatic rings. The van der Waals surface area contributed by atoms with Gasteiger partial charge in [-0.05, 0) is 24.7 Å². The molecule has 2 N–H and O–H groups in total. The van der Waals surface area contributed by atoms with Crippen LogP contribution < -0.4 is 5.73 Å². The lowest BCUT2D eigenvalue weighted by Crippen LogP contribution is -2.40. The van der Waals surface area contributed by atoms with E-state index in [1.165, 1.54) is 0 Å². The summed E-state index contributed by atoms with van der Waals surface area (Å²) in [5.41, 5.74) is 5.08. The Kier molecular flexibility index (Phi) is 1.62. The molecule has 2 rings (SSSR count). The van der Waals surface area contributed by atoms with Gasteiger partial charge in [0.2, 0.25) is 0 Å². The highest BCUT2D eigenvalue weighted by molar-refractivity contribution is 5.15. The monoisotopic (exact) mass is 189 g/mol. The third-order valence-corrected chi connectivity index (χ3v) is 3.50. The van der Waals surface area contributed by atoms with Gasteiger partial charge in [-0.1, -0.05) is 13.8 Å². The largest absolute Gasteiger partial charge is 0.328 e. The van der Waals surface area contributed by atoms with Gasteiger partial charge in [-0.2, -0.15) is 0 Å². The summed E-state index contributed by atoms with van der Waals surface area (Å²) >= 11 is 0. The van der Waals surface area contributed by atoms with E-state index in [0.717, 1.165) is 6.42 Å². The lowest BCUT2D eigenvalue weighted by molar-refractivity contribution is 0.0146. The fraction of sp³-hybridized carbons (Fsp3) is 1.00. The SMILES string of the molecule is CC1(C)CC(N)CC2(C1)CC2(F)F. The zero-order valence-corrected chi connectivity index (χ0v) is 8.24. The van der Waals surface area contributed by atoms with Gasteiger partial charge in [0.05, 0.1) is 0 Å². The zero-order chi connectivity index (χ0) is 9.91. The van der Waals surface area contributed by atoms with Gasteiger partial charge < -0.3 is 5.73 Å². The van der Waals surface area contributed by atoms with Crippen molar-refractivity contribution >= 4 is 0 Å². The molecule has 0 radical (unpaired) electrons. The molecule has 2 unspecified atom stereocenters. The average molecular weight is 189 g/mol. The molecule has 0 aromatic rings. The topological polar surface area (TPSA) is 26.0 Å². The van der Waals surface area contributed by atoms with Crippen molar-refractivity contribution in [1.29, 1.82) is 0 Å². The molecule has 2 fully saturated rings. The van der Waals surface area contributed by atoms with Crippen LogP contribution in [-0.4, -0.2) is 12.0 Å². The molecule has 2 aliphatic carbocycles. The van der Waals surface area contributed by atoms with Crippen LogP contribution in [0, 0.1) is 10.8 Å². The maximum Gasteiger partial charge on any atom is 0.254 e. The van der Waals surface area contributed by atoms with Gasteiger partial charge in [0, 0.05) is 17.9 Å². The second-order valence-corrected chi connectivity index (χ2v) is 5.67. The molecular weight excluding hydrogens is 172 g/mol. The number of hydrogen-bond donors (Lipinski definition) is 1. The van der Waals surface area contributed by atoms with Crippen LogP contribution >= 0.6 is 0 Å². The van der Waals surface area contributed by atoms with Crippen molar-refractivity contribution in [2.75, 3.05) is 0 Å². The van der Waals surface area contributed by atoms with Crippen molar-refractivity contribution in [1.82, 2.24) is 0 Å². The van der Waals surface area contributed by atoms with Gasteiger partial charge in [0.15, 0.2) is 0 Å². The lowest BCUT2D eigenvalue weighted by atomic mass is 9.68. The van der Waals surface area contributed by atoms with E-state index in [1.807, 2.05) is 13.8 Å². The Labute approximate surface area is 77.7 Å². The fourth-order valence-electron chi connectivity index (χ4n) is 3.14. The van der Waals surface area contributed by atoms with Crippen LogP contribution in [0.3, 0.4) is 0 Å². The highest BCUT2D eigenvalue weighted by Gasteiger charge is 2.72. The lowest BCUT2D eigenvalue weighted by Gasteiger charge is -2.39. The van der Waals surface area contributed by atoms with Crippen molar-refractivity contribution in [2.24, 2.45) is 16.6 Å². The Morgan fingerprint density at radius 2 is 1.69 bits per heavy atom. The van der Waals surface area contributed by atoms with Crippen molar-refractivity contribution in [3.05, 3.63) is 0 Å². The molecule has 2 atom stereocenters. The number of nitrogens with two attached hydrogens (primary N) is 1. The molecule has 76 valence electrons. The van der Waals surface area contributed by atoms with Crippen LogP contribution in [0.4, 0.5) is 8.78 Å². The molecule has 0 aromatic heterocycles. The molecule has 0 heterocycles. The molecule has 1 spiro atoms. The summed E-state index contributed by atoms with van der Waals surface area (Å²) in [6.45, 7) is 4.09. The third kappa shape index (κ3) is 1.37. The van der Waals surface area contributed by atoms with Gasteiger partial charge in [0.25, 0.3) is 5.92 Å². The highest BCUT2D eigenvalue weighted by atomic mass is 19.3. The minimum absolute atomic E-state index is 0.00238. The summed E-state index contributed by atoms with van der Waals surface area (Å²) in [4.78, 5) is 0. The molecule has 0 saturated heterocycles. The predicted molar refractivity (Wildman–Crippen MR) is 47.6 cm³/mol. The second-order valence-electron chi connectivity index (χ2n) is 5.67. The minimum atomic E-state index is -2.43. The van der Waals surface area contributed by atoms with E-state index in [4.69, 9.17) is 5.73 Å². The molecule has 1 nitrogen and oxygen atoms in total. The minimum Gasteiger partial charge on any atom is -0.328 e. The summed E-state index contributed by atoms with van der Waals surface area (Å²) in [6, 6.07) is -0.0304. The average Bonchev–Trinajstić information content (AvgIpc) is 2.23. The van der Waals surface area contributed by atoms with E-state index in [0.29, 0.717) is 12.8 Å². The van der Waals surface area contributed by atoms with Crippen LogP contribution in [0.15, 0.2) is 0 Å².